The monoisotopic (exact) mass is 339 g/mol. The highest BCUT2D eigenvalue weighted by atomic mass is 79.9. The maximum absolute atomic E-state index is 9.63. The van der Waals surface area contributed by atoms with E-state index in [4.69, 9.17) is 11.6 Å². The van der Waals surface area contributed by atoms with Gasteiger partial charge >= 0.3 is 0 Å². The summed E-state index contributed by atoms with van der Waals surface area (Å²) in [7, 11) is 0. The van der Waals surface area contributed by atoms with E-state index < -0.39 is 0 Å². The molecule has 2 N–H and O–H groups in total. The molecule has 2 nitrogen and oxygen atoms in total. The Balaban J connectivity index is 2.16. The molecule has 0 fully saturated rings. The number of phenolic OH excluding ortho intramolecular Hbond substituents is 1. The Kier molecular flexibility index (Phi) is 4.38. The molecule has 100 valence electrons. The normalized spacial score (nSPS) is 10.5. The molecule has 0 heterocycles. The number of anilines is 1. The van der Waals surface area contributed by atoms with Crippen LogP contribution >= 0.6 is 27.5 Å². The first kappa shape index (κ1) is 14.2. The molecule has 0 aromatic heterocycles. The van der Waals surface area contributed by atoms with E-state index in [0.29, 0.717) is 17.3 Å². The summed E-state index contributed by atoms with van der Waals surface area (Å²) in [6, 6.07) is 9.47. The van der Waals surface area contributed by atoms with Crippen LogP contribution in [-0.4, -0.2) is 5.11 Å². The average molecular weight is 341 g/mol. The van der Waals surface area contributed by atoms with Gasteiger partial charge in [-0.25, -0.2) is 0 Å². The molecule has 2 aromatic carbocycles. The van der Waals surface area contributed by atoms with E-state index in [-0.39, 0.29) is 0 Å². The molecule has 0 bridgehead atoms. The third-order valence-corrected chi connectivity index (χ3v) is 4.00. The molecule has 0 aliphatic heterocycles. The Morgan fingerprint density at radius 1 is 1.16 bits per heavy atom. The van der Waals surface area contributed by atoms with Gasteiger partial charge in [-0.1, -0.05) is 33.6 Å². The predicted octanol–water partition coefficient (Wildman–Crippen LogP) is 5.04. The number of aromatic hydroxyl groups is 1. The molecule has 2 rings (SSSR count). The molecule has 0 aliphatic rings. The van der Waals surface area contributed by atoms with Gasteiger partial charge in [-0.3, -0.25) is 0 Å². The molecular weight excluding hydrogens is 326 g/mol. The zero-order chi connectivity index (χ0) is 14.0. The van der Waals surface area contributed by atoms with E-state index in [1.165, 1.54) is 0 Å². The number of benzene rings is 2. The minimum atomic E-state index is 0.329. The summed E-state index contributed by atoms with van der Waals surface area (Å²) in [5.41, 5.74) is 4.04. The Bertz CT molecular complexity index is 613. The fourth-order valence-corrected chi connectivity index (χ4v) is 2.67. The van der Waals surface area contributed by atoms with E-state index in [1.807, 2.05) is 38.1 Å². The lowest BCUT2D eigenvalue weighted by atomic mass is 10.1. The van der Waals surface area contributed by atoms with Crippen molar-refractivity contribution < 1.29 is 5.11 Å². The third-order valence-electron chi connectivity index (χ3n) is 3.03. The van der Waals surface area contributed by atoms with Gasteiger partial charge in [0.1, 0.15) is 5.75 Å². The minimum Gasteiger partial charge on any atom is -0.508 e. The first-order valence-corrected chi connectivity index (χ1v) is 7.12. The molecule has 19 heavy (non-hydrogen) atoms. The van der Waals surface area contributed by atoms with Crippen LogP contribution < -0.4 is 5.32 Å². The lowest BCUT2D eigenvalue weighted by Gasteiger charge is -2.12. The SMILES string of the molecule is Cc1cc(NCc2ccc(Cl)cc2Br)c(C)cc1O. The molecule has 2 aromatic rings. The van der Waals surface area contributed by atoms with Gasteiger partial charge < -0.3 is 10.4 Å². The largest absolute Gasteiger partial charge is 0.508 e. The van der Waals surface area contributed by atoms with Crippen LogP contribution in [0.1, 0.15) is 16.7 Å². The molecule has 0 unspecified atom stereocenters. The van der Waals surface area contributed by atoms with Crippen molar-refractivity contribution in [3.63, 3.8) is 0 Å². The van der Waals surface area contributed by atoms with Crippen molar-refractivity contribution in [2.75, 3.05) is 5.32 Å². The van der Waals surface area contributed by atoms with Gasteiger partial charge in [-0.05, 0) is 54.8 Å². The first-order chi connectivity index (χ1) is 8.97. The molecular formula is C15H15BrClNO. The van der Waals surface area contributed by atoms with Crippen molar-refractivity contribution in [2.24, 2.45) is 0 Å². The second-order valence-corrected chi connectivity index (χ2v) is 5.83. The fourth-order valence-electron chi connectivity index (χ4n) is 1.85. The van der Waals surface area contributed by atoms with E-state index in [2.05, 4.69) is 21.2 Å². The molecule has 0 aliphatic carbocycles. The Labute approximate surface area is 126 Å². The smallest absolute Gasteiger partial charge is 0.118 e. The maximum Gasteiger partial charge on any atom is 0.118 e. The highest BCUT2D eigenvalue weighted by molar-refractivity contribution is 9.10. The number of halogens is 2. The number of nitrogens with one attached hydrogen (secondary N) is 1. The zero-order valence-electron chi connectivity index (χ0n) is 10.8. The summed E-state index contributed by atoms with van der Waals surface area (Å²) in [5, 5.41) is 13.7. The number of hydrogen-bond acceptors (Lipinski definition) is 2. The summed E-state index contributed by atoms with van der Waals surface area (Å²) in [6.45, 7) is 4.55. The van der Waals surface area contributed by atoms with Gasteiger partial charge in [0, 0.05) is 21.7 Å². The second-order valence-electron chi connectivity index (χ2n) is 4.54. The minimum absolute atomic E-state index is 0.329. The second kappa shape index (κ2) is 5.85. The summed E-state index contributed by atoms with van der Waals surface area (Å²) in [4.78, 5) is 0. The lowest BCUT2D eigenvalue weighted by molar-refractivity contribution is 0.471. The van der Waals surface area contributed by atoms with Crippen LogP contribution in [0.15, 0.2) is 34.8 Å². The van der Waals surface area contributed by atoms with Gasteiger partial charge in [-0.2, -0.15) is 0 Å². The van der Waals surface area contributed by atoms with Gasteiger partial charge in [0.15, 0.2) is 0 Å². The lowest BCUT2D eigenvalue weighted by Crippen LogP contribution is -2.02. The number of aryl methyl sites for hydroxylation is 2. The molecule has 0 spiro atoms. The van der Waals surface area contributed by atoms with E-state index in [9.17, 15) is 5.11 Å². The van der Waals surface area contributed by atoms with Crippen LogP contribution in [0.5, 0.6) is 5.75 Å². The molecule has 0 saturated heterocycles. The molecule has 0 amide bonds. The predicted molar refractivity (Wildman–Crippen MR) is 84.1 cm³/mol. The summed E-state index contributed by atoms with van der Waals surface area (Å²) in [5.74, 6) is 0.329. The fraction of sp³-hybridized carbons (Fsp3) is 0.200. The Hall–Kier alpha value is -1.19. The zero-order valence-corrected chi connectivity index (χ0v) is 13.1. The third kappa shape index (κ3) is 3.43. The highest BCUT2D eigenvalue weighted by Gasteiger charge is 2.05. The van der Waals surface area contributed by atoms with Crippen molar-refractivity contribution in [3.8, 4) is 5.75 Å². The molecule has 0 atom stereocenters. The van der Waals surface area contributed by atoms with Gasteiger partial charge in [0.25, 0.3) is 0 Å². The van der Waals surface area contributed by atoms with Crippen molar-refractivity contribution in [1.82, 2.24) is 0 Å². The quantitative estimate of drug-likeness (QED) is 0.767. The van der Waals surface area contributed by atoms with Crippen LogP contribution in [0.4, 0.5) is 5.69 Å². The van der Waals surface area contributed by atoms with E-state index in [1.54, 1.807) is 6.07 Å². The summed E-state index contributed by atoms with van der Waals surface area (Å²) < 4.78 is 0.987. The number of hydrogen-bond donors (Lipinski definition) is 2. The Morgan fingerprint density at radius 3 is 2.58 bits per heavy atom. The standard InChI is InChI=1S/C15H15BrClNO/c1-9-6-15(19)10(2)5-14(9)18-8-11-3-4-12(17)7-13(11)16/h3-7,18-19H,8H2,1-2H3. The number of phenols is 1. The van der Waals surface area contributed by atoms with Gasteiger partial charge in [-0.15, -0.1) is 0 Å². The number of rotatable bonds is 3. The maximum atomic E-state index is 9.63. The van der Waals surface area contributed by atoms with Crippen molar-refractivity contribution >= 4 is 33.2 Å². The first-order valence-electron chi connectivity index (χ1n) is 5.95. The topological polar surface area (TPSA) is 32.3 Å². The molecule has 4 heteroatoms. The molecule has 0 radical (unpaired) electrons. The van der Waals surface area contributed by atoms with E-state index in [0.717, 1.165) is 26.9 Å². The van der Waals surface area contributed by atoms with Crippen molar-refractivity contribution in [2.45, 2.75) is 20.4 Å². The van der Waals surface area contributed by atoms with Crippen molar-refractivity contribution in [1.29, 1.82) is 0 Å². The van der Waals surface area contributed by atoms with Crippen LogP contribution in [0, 0.1) is 13.8 Å². The van der Waals surface area contributed by atoms with E-state index >= 15 is 0 Å². The highest BCUT2D eigenvalue weighted by Crippen LogP contribution is 2.27. The van der Waals surface area contributed by atoms with Crippen LogP contribution in [0.25, 0.3) is 0 Å². The van der Waals surface area contributed by atoms with Crippen LogP contribution in [0.2, 0.25) is 5.02 Å². The summed E-state index contributed by atoms with van der Waals surface area (Å²) >= 11 is 9.42. The van der Waals surface area contributed by atoms with Gasteiger partial charge in [0.2, 0.25) is 0 Å². The Morgan fingerprint density at radius 2 is 1.89 bits per heavy atom. The average Bonchev–Trinajstić information content (AvgIpc) is 2.34. The van der Waals surface area contributed by atoms with Crippen molar-refractivity contribution in [3.05, 3.63) is 56.5 Å². The molecule has 0 saturated carbocycles. The van der Waals surface area contributed by atoms with Crippen LogP contribution in [0.3, 0.4) is 0 Å². The van der Waals surface area contributed by atoms with Gasteiger partial charge in [0.05, 0.1) is 0 Å². The van der Waals surface area contributed by atoms with Crippen LogP contribution in [-0.2, 0) is 6.54 Å². The summed E-state index contributed by atoms with van der Waals surface area (Å²) in [6.07, 6.45) is 0.